The van der Waals surface area contributed by atoms with E-state index in [0.29, 0.717) is 23.6 Å². The van der Waals surface area contributed by atoms with E-state index in [4.69, 9.17) is 21.1 Å². The normalized spacial score (nSPS) is 16.4. The van der Waals surface area contributed by atoms with E-state index in [1.165, 1.54) is 29.9 Å². The maximum atomic E-state index is 14.0. The van der Waals surface area contributed by atoms with Gasteiger partial charge in [0, 0.05) is 42.5 Å². The Morgan fingerprint density at radius 1 is 1.16 bits per heavy atom. The van der Waals surface area contributed by atoms with Crippen molar-refractivity contribution in [2.24, 2.45) is 7.05 Å². The quantitative estimate of drug-likeness (QED) is 0.253. The fraction of sp³-hybridized carbons (Fsp3) is 0.367. The summed E-state index contributed by atoms with van der Waals surface area (Å²) in [6.07, 6.45) is -2.30. The summed E-state index contributed by atoms with van der Waals surface area (Å²) in [6, 6.07) is 11.4. The minimum atomic E-state index is -4.93. The Bertz CT molecular complexity index is 1720. The van der Waals surface area contributed by atoms with Gasteiger partial charge in [0.1, 0.15) is 17.5 Å². The van der Waals surface area contributed by atoms with Gasteiger partial charge in [0.2, 0.25) is 0 Å². The van der Waals surface area contributed by atoms with E-state index in [2.05, 4.69) is 9.72 Å². The number of hydrogen-bond donors (Lipinski definition) is 1. The van der Waals surface area contributed by atoms with Gasteiger partial charge in [-0.1, -0.05) is 35.9 Å². The van der Waals surface area contributed by atoms with E-state index >= 15 is 0 Å². The van der Waals surface area contributed by atoms with Crippen LogP contribution in [0.25, 0.3) is 22.2 Å². The molecule has 0 saturated carbocycles. The number of aromatic nitrogens is 3. The fourth-order valence-corrected chi connectivity index (χ4v) is 5.26. The molecule has 1 fully saturated rings. The molecule has 1 saturated heterocycles. The van der Waals surface area contributed by atoms with Crippen LogP contribution in [0, 0.1) is 0 Å². The lowest BCUT2D eigenvalue weighted by Crippen LogP contribution is -2.40. The third kappa shape index (κ3) is 6.93. The third-order valence-corrected chi connectivity index (χ3v) is 7.45. The Hall–Kier alpha value is -3.71. The molecule has 0 aliphatic carbocycles. The third-order valence-electron chi connectivity index (χ3n) is 7.20. The number of benzene rings is 2. The molecular formula is C30H29ClF3N3O6. The summed E-state index contributed by atoms with van der Waals surface area (Å²) in [4.78, 5) is 31.6. The van der Waals surface area contributed by atoms with Crippen molar-refractivity contribution in [2.75, 3.05) is 13.2 Å². The van der Waals surface area contributed by atoms with Crippen LogP contribution in [-0.2, 0) is 23.1 Å². The highest BCUT2D eigenvalue weighted by Crippen LogP contribution is 2.37. The molecule has 2 aromatic carbocycles. The minimum absolute atomic E-state index is 0.00700. The molecular weight excluding hydrogens is 591 g/mol. The highest BCUT2D eigenvalue weighted by molar-refractivity contribution is 6.30. The average molecular weight is 620 g/mol. The molecule has 2 unspecified atom stereocenters. The van der Waals surface area contributed by atoms with Gasteiger partial charge in [-0.25, -0.2) is 9.78 Å². The molecule has 0 bridgehead atoms. The lowest BCUT2D eigenvalue weighted by atomic mass is 9.92. The highest BCUT2D eigenvalue weighted by Gasteiger charge is 2.31. The van der Waals surface area contributed by atoms with Crippen LogP contribution in [0.4, 0.5) is 13.2 Å². The van der Waals surface area contributed by atoms with Crippen LogP contribution in [-0.4, -0.2) is 45.1 Å². The molecule has 1 aliphatic rings. The SMILES string of the molecule is Cn1c(=O)n(CCCOC2CCCCO2)c(=O)c2c(C(O)c3ccc(Cl)cc3)c(-c3cccc(OC(F)(F)F)c3)cnc21. The van der Waals surface area contributed by atoms with Gasteiger partial charge in [-0.05, 0) is 61.1 Å². The summed E-state index contributed by atoms with van der Waals surface area (Å²) < 4.78 is 56.6. The van der Waals surface area contributed by atoms with E-state index < -0.39 is 29.5 Å². The first-order valence-corrected chi connectivity index (χ1v) is 14.1. The van der Waals surface area contributed by atoms with Crippen molar-refractivity contribution in [2.45, 2.75) is 51.0 Å². The van der Waals surface area contributed by atoms with Crippen LogP contribution in [0.3, 0.4) is 0 Å². The van der Waals surface area contributed by atoms with E-state index in [-0.39, 0.29) is 47.2 Å². The van der Waals surface area contributed by atoms with Gasteiger partial charge >= 0.3 is 12.1 Å². The first kappa shape index (κ1) is 30.7. The standard InChI is InChI=1S/C30H29ClF3N3O6/c1-36-27-25(28(39)37(29(36)40)13-5-15-42-23-8-2-3-14-41-23)24(26(38)18-9-11-20(31)12-10-18)22(17-35-27)19-6-4-7-21(16-19)43-30(32,33)34/h4,6-7,9-12,16-17,23,26,38H,2-3,5,8,13-15H2,1H3. The number of halogens is 4. The van der Waals surface area contributed by atoms with Crippen LogP contribution in [0.5, 0.6) is 5.75 Å². The molecule has 1 aliphatic heterocycles. The number of aliphatic hydroxyl groups is 1. The summed E-state index contributed by atoms with van der Waals surface area (Å²) in [5.41, 5.74) is -0.486. The topological polar surface area (TPSA) is 105 Å². The molecule has 228 valence electrons. The average Bonchev–Trinajstić information content (AvgIpc) is 2.98. The molecule has 13 heteroatoms. The van der Waals surface area contributed by atoms with Crippen LogP contribution < -0.4 is 16.0 Å². The predicted molar refractivity (Wildman–Crippen MR) is 153 cm³/mol. The predicted octanol–water partition coefficient (Wildman–Crippen LogP) is 5.33. The fourth-order valence-electron chi connectivity index (χ4n) is 5.14. The number of pyridine rings is 1. The summed E-state index contributed by atoms with van der Waals surface area (Å²) >= 11 is 6.04. The molecule has 4 aromatic rings. The van der Waals surface area contributed by atoms with Gasteiger partial charge in [-0.2, -0.15) is 0 Å². The molecule has 5 rings (SSSR count). The van der Waals surface area contributed by atoms with Crippen molar-refractivity contribution in [3.63, 3.8) is 0 Å². The lowest BCUT2D eigenvalue weighted by Gasteiger charge is -2.23. The van der Waals surface area contributed by atoms with Crippen molar-refractivity contribution in [1.82, 2.24) is 14.1 Å². The molecule has 43 heavy (non-hydrogen) atoms. The van der Waals surface area contributed by atoms with Gasteiger partial charge in [-0.3, -0.25) is 13.9 Å². The van der Waals surface area contributed by atoms with Crippen molar-refractivity contribution in [3.05, 3.63) is 91.7 Å². The number of aliphatic hydroxyl groups excluding tert-OH is 1. The summed E-state index contributed by atoms with van der Waals surface area (Å²) in [7, 11) is 1.45. The van der Waals surface area contributed by atoms with Crippen LogP contribution in [0.1, 0.15) is 42.9 Å². The van der Waals surface area contributed by atoms with Gasteiger partial charge in [0.15, 0.2) is 6.29 Å². The highest BCUT2D eigenvalue weighted by atomic mass is 35.5. The summed E-state index contributed by atoms with van der Waals surface area (Å²) in [6.45, 7) is 0.890. The van der Waals surface area contributed by atoms with Crippen molar-refractivity contribution in [3.8, 4) is 16.9 Å². The molecule has 0 radical (unpaired) electrons. The van der Waals surface area contributed by atoms with Crippen molar-refractivity contribution >= 4 is 22.6 Å². The van der Waals surface area contributed by atoms with E-state index in [1.54, 1.807) is 24.3 Å². The van der Waals surface area contributed by atoms with E-state index in [9.17, 15) is 27.9 Å². The number of fused-ring (bicyclic) bond motifs is 1. The number of ether oxygens (including phenoxy) is 3. The Labute approximate surface area is 249 Å². The lowest BCUT2D eigenvalue weighted by molar-refractivity contribution is -0.274. The van der Waals surface area contributed by atoms with Crippen LogP contribution >= 0.6 is 11.6 Å². The molecule has 0 spiro atoms. The Balaban J connectivity index is 1.63. The maximum Gasteiger partial charge on any atom is 0.573 e. The van der Waals surface area contributed by atoms with Crippen molar-refractivity contribution in [1.29, 1.82) is 0 Å². The minimum Gasteiger partial charge on any atom is -0.406 e. The monoisotopic (exact) mass is 619 g/mol. The van der Waals surface area contributed by atoms with Gasteiger partial charge in [-0.15, -0.1) is 13.2 Å². The zero-order valence-corrected chi connectivity index (χ0v) is 23.9. The molecule has 3 heterocycles. The van der Waals surface area contributed by atoms with E-state index in [1.807, 2.05) is 0 Å². The second-order valence-corrected chi connectivity index (χ2v) is 10.6. The number of rotatable bonds is 9. The molecule has 2 aromatic heterocycles. The van der Waals surface area contributed by atoms with Crippen molar-refractivity contribution < 1.29 is 32.5 Å². The Kier molecular flexibility index (Phi) is 9.21. The van der Waals surface area contributed by atoms with Gasteiger partial charge < -0.3 is 19.3 Å². The second-order valence-electron chi connectivity index (χ2n) is 10.1. The smallest absolute Gasteiger partial charge is 0.406 e. The molecule has 0 amide bonds. The number of alkyl halides is 3. The number of hydrogen-bond acceptors (Lipinski definition) is 7. The zero-order chi connectivity index (χ0) is 30.7. The Morgan fingerprint density at radius 2 is 1.93 bits per heavy atom. The molecule has 2 atom stereocenters. The first-order chi connectivity index (χ1) is 20.5. The number of nitrogens with zero attached hydrogens (tertiary/aromatic N) is 3. The Morgan fingerprint density at radius 3 is 2.63 bits per heavy atom. The van der Waals surface area contributed by atoms with E-state index in [0.717, 1.165) is 36.0 Å². The van der Waals surface area contributed by atoms with Gasteiger partial charge in [0.05, 0.1) is 12.0 Å². The van der Waals surface area contributed by atoms with Gasteiger partial charge in [0.25, 0.3) is 5.56 Å². The second kappa shape index (κ2) is 12.9. The number of aryl methyl sites for hydroxylation is 1. The summed E-state index contributed by atoms with van der Waals surface area (Å²) in [5.74, 6) is -0.489. The summed E-state index contributed by atoms with van der Waals surface area (Å²) in [5, 5.41) is 12.0. The molecule has 1 N–H and O–H groups in total. The zero-order valence-electron chi connectivity index (χ0n) is 23.1. The molecule has 9 nitrogen and oxygen atoms in total. The van der Waals surface area contributed by atoms with Crippen LogP contribution in [0.2, 0.25) is 5.02 Å². The largest absolute Gasteiger partial charge is 0.573 e. The first-order valence-electron chi connectivity index (χ1n) is 13.7. The maximum absolute atomic E-state index is 14.0. The van der Waals surface area contributed by atoms with Crippen LogP contribution in [0.15, 0.2) is 64.3 Å².